The summed E-state index contributed by atoms with van der Waals surface area (Å²) in [6.07, 6.45) is 0. The first-order chi connectivity index (χ1) is 11.2. The average Bonchev–Trinajstić information content (AvgIpc) is 2.52. The summed E-state index contributed by atoms with van der Waals surface area (Å²) in [6, 6.07) is 13.6. The minimum atomic E-state index is -3.87. The first kappa shape index (κ1) is 18.6. The highest BCUT2D eigenvalue weighted by molar-refractivity contribution is 9.10. The number of nitrogens with one attached hydrogen (secondary N) is 1. The number of primary sulfonamides is 1. The largest absolute Gasteiger partial charge is 0.345 e. The van der Waals surface area contributed by atoms with E-state index in [4.69, 9.17) is 5.14 Å². The molecule has 7 heteroatoms. The molecule has 0 fully saturated rings. The number of amides is 1. The fourth-order valence-electron chi connectivity index (χ4n) is 2.37. The molecular formula is C17H19BrN2O3S. The molecule has 0 spiro atoms. The van der Waals surface area contributed by atoms with Crippen LogP contribution in [0.1, 0.15) is 35.8 Å². The van der Waals surface area contributed by atoms with Gasteiger partial charge in [0, 0.05) is 4.47 Å². The van der Waals surface area contributed by atoms with E-state index in [1.165, 1.54) is 18.2 Å². The lowest BCUT2D eigenvalue weighted by Gasteiger charge is -2.23. The summed E-state index contributed by atoms with van der Waals surface area (Å²) in [5.74, 6) is -0.202. The zero-order valence-electron chi connectivity index (χ0n) is 13.4. The summed E-state index contributed by atoms with van der Waals surface area (Å²) in [6.45, 7) is 4.02. The summed E-state index contributed by atoms with van der Waals surface area (Å²) in [7, 11) is -3.87. The van der Waals surface area contributed by atoms with Crippen LogP contribution in [-0.4, -0.2) is 14.3 Å². The Morgan fingerprint density at radius 1 is 1.12 bits per heavy atom. The van der Waals surface area contributed by atoms with Gasteiger partial charge in [0.05, 0.1) is 16.5 Å². The van der Waals surface area contributed by atoms with Gasteiger partial charge in [-0.3, -0.25) is 4.79 Å². The molecule has 24 heavy (non-hydrogen) atoms. The van der Waals surface area contributed by atoms with Crippen LogP contribution >= 0.6 is 15.9 Å². The molecule has 0 aliphatic rings. The number of nitrogens with two attached hydrogens (primary N) is 1. The second kappa shape index (κ2) is 7.46. The lowest BCUT2D eigenvalue weighted by Crippen LogP contribution is -2.32. The lowest BCUT2D eigenvalue weighted by atomic mass is 9.95. The molecule has 3 N–H and O–H groups in total. The van der Waals surface area contributed by atoms with Gasteiger partial charge in [0.2, 0.25) is 10.0 Å². The minimum Gasteiger partial charge on any atom is -0.345 e. The molecule has 1 unspecified atom stereocenters. The van der Waals surface area contributed by atoms with Crippen molar-refractivity contribution in [3.8, 4) is 0 Å². The minimum absolute atomic E-state index is 0.100. The summed E-state index contributed by atoms with van der Waals surface area (Å²) < 4.78 is 23.5. The molecule has 0 saturated carbocycles. The molecule has 0 radical (unpaired) electrons. The van der Waals surface area contributed by atoms with Gasteiger partial charge in [-0.1, -0.05) is 44.2 Å². The number of carbonyl (C=O) groups excluding carboxylic acids is 1. The first-order valence-electron chi connectivity index (χ1n) is 7.38. The molecule has 0 aliphatic heterocycles. The van der Waals surface area contributed by atoms with Gasteiger partial charge >= 0.3 is 0 Å². The van der Waals surface area contributed by atoms with E-state index in [0.717, 1.165) is 5.56 Å². The van der Waals surface area contributed by atoms with Crippen LogP contribution in [0.5, 0.6) is 0 Å². The molecule has 0 aliphatic carbocycles. The van der Waals surface area contributed by atoms with Crippen molar-refractivity contribution in [2.45, 2.75) is 24.8 Å². The Hall–Kier alpha value is -1.70. The van der Waals surface area contributed by atoms with E-state index in [-0.39, 0.29) is 28.3 Å². The molecule has 0 aromatic heterocycles. The van der Waals surface area contributed by atoms with Gasteiger partial charge < -0.3 is 5.32 Å². The Balaban J connectivity index is 2.34. The molecule has 1 amide bonds. The maximum Gasteiger partial charge on any atom is 0.252 e. The topological polar surface area (TPSA) is 89.3 Å². The molecule has 2 aromatic rings. The fraction of sp³-hybridized carbons (Fsp3) is 0.235. The molecule has 128 valence electrons. The highest BCUT2D eigenvalue weighted by atomic mass is 79.9. The van der Waals surface area contributed by atoms with E-state index in [9.17, 15) is 13.2 Å². The Bertz CT molecular complexity index is 836. The Morgan fingerprint density at radius 2 is 1.75 bits per heavy atom. The zero-order chi connectivity index (χ0) is 17.9. The third-order valence-corrected chi connectivity index (χ3v) is 5.23. The van der Waals surface area contributed by atoms with Crippen molar-refractivity contribution in [2.75, 3.05) is 0 Å². The van der Waals surface area contributed by atoms with E-state index in [2.05, 4.69) is 21.2 Å². The Kier molecular flexibility index (Phi) is 5.79. The Morgan fingerprint density at radius 3 is 2.29 bits per heavy atom. The highest BCUT2D eigenvalue weighted by Crippen LogP contribution is 2.25. The van der Waals surface area contributed by atoms with Gasteiger partial charge in [-0.15, -0.1) is 0 Å². The van der Waals surface area contributed by atoms with Gasteiger partial charge in [0.15, 0.2) is 0 Å². The molecule has 0 bridgehead atoms. The number of benzene rings is 2. The predicted octanol–water partition coefficient (Wildman–Crippen LogP) is 3.22. The fourth-order valence-corrected chi connectivity index (χ4v) is 3.34. The number of halogens is 1. The summed E-state index contributed by atoms with van der Waals surface area (Å²) in [5, 5.41) is 8.11. The quantitative estimate of drug-likeness (QED) is 0.792. The number of hydrogen-bond donors (Lipinski definition) is 2. The summed E-state index contributed by atoms with van der Waals surface area (Å²) >= 11 is 3.28. The van der Waals surface area contributed by atoms with Crippen molar-refractivity contribution in [3.63, 3.8) is 0 Å². The second-order valence-corrected chi connectivity index (χ2v) is 8.21. The molecule has 0 saturated heterocycles. The lowest BCUT2D eigenvalue weighted by molar-refractivity contribution is 0.0924. The number of hydrogen-bond acceptors (Lipinski definition) is 3. The van der Waals surface area contributed by atoms with Gasteiger partial charge in [0.25, 0.3) is 5.91 Å². The standard InChI is InChI=1S/C17H19BrN2O3S/c1-11(2)16(12-6-4-3-5-7-12)20-17(21)14-10-13(24(19,22)23)8-9-15(14)18/h3-11,16H,1-2H3,(H,20,21)(H2,19,22,23). The van der Waals surface area contributed by atoms with Crippen LogP contribution < -0.4 is 10.5 Å². The molecule has 2 rings (SSSR count). The molecule has 1 atom stereocenters. The first-order valence-corrected chi connectivity index (χ1v) is 9.72. The van der Waals surface area contributed by atoms with Crippen LogP contribution in [0.15, 0.2) is 57.9 Å². The highest BCUT2D eigenvalue weighted by Gasteiger charge is 2.21. The summed E-state index contributed by atoms with van der Waals surface area (Å²) in [4.78, 5) is 12.6. The van der Waals surface area contributed by atoms with Gasteiger partial charge in [-0.05, 0) is 45.6 Å². The Labute approximate surface area is 150 Å². The van der Waals surface area contributed by atoms with Gasteiger partial charge in [0.1, 0.15) is 0 Å². The molecule has 0 heterocycles. The molecular weight excluding hydrogens is 392 g/mol. The van der Waals surface area contributed by atoms with E-state index < -0.39 is 10.0 Å². The summed E-state index contributed by atoms with van der Waals surface area (Å²) in [5.41, 5.74) is 1.21. The van der Waals surface area contributed by atoms with E-state index >= 15 is 0 Å². The maximum atomic E-state index is 12.7. The third-order valence-electron chi connectivity index (χ3n) is 3.62. The van der Waals surface area contributed by atoms with Crippen LogP contribution in [0, 0.1) is 5.92 Å². The van der Waals surface area contributed by atoms with Crippen molar-refractivity contribution in [1.82, 2.24) is 5.32 Å². The maximum absolute atomic E-state index is 12.7. The van der Waals surface area contributed by atoms with Crippen LogP contribution in [-0.2, 0) is 10.0 Å². The number of sulfonamides is 1. The van der Waals surface area contributed by atoms with Crippen molar-refractivity contribution in [3.05, 3.63) is 64.1 Å². The van der Waals surface area contributed by atoms with Crippen molar-refractivity contribution in [1.29, 1.82) is 0 Å². The predicted molar refractivity (Wildman–Crippen MR) is 97.0 cm³/mol. The van der Waals surface area contributed by atoms with E-state index in [1.54, 1.807) is 0 Å². The van der Waals surface area contributed by atoms with Crippen molar-refractivity contribution >= 4 is 31.9 Å². The second-order valence-electron chi connectivity index (χ2n) is 5.79. The normalized spacial score (nSPS) is 12.9. The van der Waals surface area contributed by atoms with Crippen molar-refractivity contribution < 1.29 is 13.2 Å². The molecule has 5 nitrogen and oxygen atoms in total. The average molecular weight is 411 g/mol. The van der Waals surface area contributed by atoms with Gasteiger partial charge in [-0.25, -0.2) is 13.6 Å². The number of rotatable bonds is 5. The SMILES string of the molecule is CC(C)C(NC(=O)c1cc(S(N)(=O)=O)ccc1Br)c1ccccc1. The van der Waals surface area contributed by atoms with Gasteiger partial charge in [-0.2, -0.15) is 0 Å². The number of carbonyl (C=O) groups is 1. The van der Waals surface area contributed by atoms with Crippen molar-refractivity contribution in [2.24, 2.45) is 11.1 Å². The molecule has 2 aromatic carbocycles. The monoisotopic (exact) mass is 410 g/mol. The van der Waals surface area contributed by atoms with Crippen LogP contribution in [0.4, 0.5) is 0 Å². The zero-order valence-corrected chi connectivity index (χ0v) is 15.8. The van der Waals surface area contributed by atoms with Crippen LogP contribution in [0.3, 0.4) is 0 Å². The van der Waals surface area contributed by atoms with E-state index in [0.29, 0.717) is 4.47 Å². The van der Waals surface area contributed by atoms with Crippen LogP contribution in [0.25, 0.3) is 0 Å². The van der Waals surface area contributed by atoms with Crippen LogP contribution in [0.2, 0.25) is 0 Å². The van der Waals surface area contributed by atoms with E-state index in [1.807, 2.05) is 44.2 Å². The smallest absolute Gasteiger partial charge is 0.252 e. The third kappa shape index (κ3) is 4.43.